The van der Waals surface area contributed by atoms with Crippen LogP contribution in [0.15, 0.2) is 24.3 Å². The van der Waals surface area contributed by atoms with Crippen LogP contribution in [0.1, 0.15) is 129 Å². The molecule has 2 unspecified atom stereocenters. The summed E-state index contributed by atoms with van der Waals surface area (Å²) in [5, 5.41) is 0. The maximum atomic E-state index is 6.37. The maximum absolute atomic E-state index is 6.37. The van der Waals surface area contributed by atoms with Crippen LogP contribution in [-0.2, 0) is 33.2 Å². The van der Waals surface area contributed by atoms with E-state index in [1.165, 1.54) is 51.4 Å². The van der Waals surface area contributed by atoms with Crippen LogP contribution in [-0.4, -0.2) is 66.8 Å². The Morgan fingerprint density at radius 2 is 0.854 bits per heavy atom. The fourth-order valence-electron chi connectivity index (χ4n) is 4.45. The number of methoxy groups -OCH3 is 4. The van der Waals surface area contributed by atoms with E-state index in [-0.39, 0.29) is 12.6 Å². The molecule has 0 fully saturated rings. The quantitative estimate of drug-likeness (QED) is 0.0442. The first-order chi connectivity index (χ1) is 20.1. The highest BCUT2D eigenvalue weighted by molar-refractivity contribution is 4.89. The van der Waals surface area contributed by atoms with Gasteiger partial charge in [-0.15, -0.1) is 0 Å². The summed E-state index contributed by atoms with van der Waals surface area (Å²) < 4.78 is 39.9. The summed E-state index contributed by atoms with van der Waals surface area (Å²) in [7, 11) is 6.75. The lowest BCUT2D eigenvalue weighted by atomic mass is 10.1. The molecule has 0 aliphatic rings. The molecule has 0 bridgehead atoms. The minimum Gasteiger partial charge on any atom is -0.356 e. The Morgan fingerprint density at radius 1 is 0.463 bits per heavy atom. The van der Waals surface area contributed by atoms with Crippen LogP contribution in [0, 0.1) is 0 Å². The molecule has 0 aromatic heterocycles. The summed E-state index contributed by atoms with van der Waals surface area (Å²) in [5.74, 6) is 0. The van der Waals surface area contributed by atoms with Gasteiger partial charge in [0.15, 0.2) is 25.2 Å². The van der Waals surface area contributed by atoms with Crippen molar-refractivity contribution in [2.75, 3.05) is 41.7 Å². The van der Waals surface area contributed by atoms with E-state index in [1.54, 1.807) is 28.4 Å². The Labute approximate surface area is 253 Å². The minimum absolute atomic E-state index is 0.126. The number of hydrogen-bond donors (Lipinski definition) is 0. The topological polar surface area (TPSA) is 64.6 Å². The van der Waals surface area contributed by atoms with E-state index in [1.807, 2.05) is 0 Å². The summed E-state index contributed by atoms with van der Waals surface area (Å²) in [6, 6.07) is 0. The number of allylic oxidation sites excluding steroid dienone is 2. The summed E-state index contributed by atoms with van der Waals surface area (Å²) in [6.45, 7) is 5.86. The highest BCUT2D eigenvalue weighted by atomic mass is 16.8. The molecule has 0 aliphatic carbocycles. The predicted octanol–water partition coefficient (Wildman–Crippen LogP) is 9.10. The lowest BCUT2D eigenvalue weighted by Crippen LogP contribution is -2.25. The zero-order chi connectivity index (χ0) is 30.2. The first-order valence-corrected chi connectivity index (χ1v) is 16.5. The van der Waals surface area contributed by atoms with Crippen LogP contribution >= 0.6 is 0 Å². The third-order valence-corrected chi connectivity index (χ3v) is 7.09. The summed E-state index contributed by atoms with van der Waals surface area (Å²) >= 11 is 0. The molecule has 0 saturated heterocycles. The second-order valence-electron chi connectivity index (χ2n) is 10.7. The van der Waals surface area contributed by atoms with Gasteiger partial charge in [0.05, 0.1) is 13.2 Å². The van der Waals surface area contributed by atoms with Gasteiger partial charge in [0.2, 0.25) is 0 Å². The van der Waals surface area contributed by atoms with Gasteiger partial charge in [-0.2, -0.15) is 0 Å². The van der Waals surface area contributed by atoms with Crippen LogP contribution in [0.3, 0.4) is 0 Å². The first kappa shape index (κ1) is 40.2. The van der Waals surface area contributed by atoms with Crippen molar-refractivity contribution in [3.63, 3.8) is 0 Å². The molecule has 41 heavy (non-hydrogen) atoms. The van der Waals surface area contributed by atoms with Crippen LogP contribution in [0.25, 0.3) is 0 Å². The van der Waals surface area contributed by atoms with E-state index in [9.17, 15) is 0 Å². The lowest BCUT2D eigenvalue weighted by Gasteiger charge is -2.22. The second-order valence-corrected chi connectivity index (χ2v) is 10.7. The van der Waals surface area contributed by atoms with Gasteiger partial charge < -0.3 is 33.2 Å². The van der Waals surface area contributed by atoms with E-state index in [0.717, 1.165) is 64.2 Å². The van der Waals surface area contributed by atoms with Crippen molar-refractivity contribution in [2.45, 2.75) is 155 Å². The minimum atomic E-state index is -0.425. The third kappa shape index (κ3) is 26.6. The number of rotatable bonds is 32. The first-order valence-electron chi connectivity index (χ1n) is 16.5. The molecular weight excluding hydrogens is 520 g/mol. The standard InChI is InChI=1S/C34H66O7/c1-7-9-11-17-23-29-39-33(27-21-15-13-19-25-31(35-3)36-4)41-34(40-30-24-18-12-10-8-2)28-22-16-14-20-26-32(37-5)38-6/h21-22,27-28,31-34H,7-20,23-26,29-30H2,1-6H3. The molecule has 0 spiro atoms. The SMILES string of the molecule is CCCCCCCOC(C=CCCCCC(OC)OC)OC(C=CCCCCC(OC)OC)OCCCCCCC. The zero-order valence-electron chi connectivity index (χ0n) is 27.6. The monoisotopic (exact) mass is 586 g/mol. The molecule has 0 rings (SSSR count). The number of unbranched alkanes of at least 4 members (excludes halogenated alkanes) is 12. The highest BCUT2D eigenvalue weighted by Gasteiger charge is 2.14. The lowest BCUT2D eigenvalue weighted by molar-refractivity contribution is -0.208. The van der Waals surface area contributed by atoms with E-state index >= 15 is 0 Å². The molecule has 0 radical (unpaired) electrons. The highest BCUT2D eigenvalue weighted by Crippen LogP contribution is 2.14. The molecule has 0 saturated carbocycles. The molecule has 2 atom stereocenters. The van der Waals surface area contributed by atoms with Crippen molar-refractivity contribution in [3.8, 4) is 0 Å². The second kappa shape index (κ2) is 32.1. The van der Waals surface area contributed by atoms with Crippen LogP contribution < -0.4 is 0 Å². The smallest absolute Gasteiger partial charge is 0.180 e. The van der Waals surface area contributed by atoms with Gasteiger partial charge in [0, 0.05) is 28.4 Å². The average molecular weight is 587 g/mol. The van der Waals surface area contributed by atoms with Crippen molar-refractivity contribution in [3.05, 3.63) is 24.3 Å². The largest absolute Gasteiger partial charge is 0.356 e. The average Bonchev–Trinajstić information content (AvgIpc) is 2.99. The van der Waals surface area contributed by atoms with Crippen molar-refractivity contribution in [1.29, 1.82) is 0 Å². The predicted molar refractivity (Wildman–Crippen MR) is 169 cm³/mol. The van der Waals surface area contributed by atoms with Crippen molar-refractivity contribution in [2.24, 2.45) is 0 Å². The molecular formula is C34H66O7. The Bertz CT molecular complexity index is 513. The van der Waals surface area contributed by atoms with E-state index in [4.69, 9.17) is 33.2 Å². The molecule has 7 heteroatoms. The molecule has 244 valence electrons. The Morgan fingerprint density at radius 3 is 1.22 bits per heavy atom. The maximum Gasteiger partial charge on any atom is 0.180 e. The van der Waals surface area contributed by atoms with Gasteiger partial charge in [-0.05, 0) is 76.4 Å². The molecule has 0 N–H and O–H groups in total. The molecule has 7 nitrogen and oxygen atoms in total. The molecule has 0 aliphatic heterocycles. The van der Waals surface area contributed by atoms with Crippen molar-refractivity contribution >= 4 is 0 Å². The number of hydrogen-bond acceptors (Lipinski definition) is 7. The summed E-state index contributed by atoms with van der Waals surface area (Å²) in [4.78, 5) is 0. The third-order valence-electron chi connectivity index (χ3n) is 7.09. The Hall–Kier alpha value is -0.800. The molecule has 0 aromatic rings. The van der Waals surface area contributed by atoms with E-state index in [0.29, 0.717) is 13.2 Å². The van der Waals surface area contributed by atoms with E-state index in [2.05, 4.69) is 38.2 Å². The van der Waals surface area contributed by atoms with Crippen LogP contribution in [0.5, 0.6) is 0 Å². The number of ether oxygens (including phenoxy) is 7. The normalized spacial score (nSPS) is 13.9. The molecule has 0 aromatic carbocycles. The van der Waals surface area contributed by atoms with Crippen molar-refractivity contribution < 1.29 is 33.2 Å². The van der Waals surface area contributed by atoms with Gasteiger partial charge in [-0.3, -0.25) is 0 Å². The summed E-state index contributed by atoms with van der Waals surface area (Å²) in [5.41, 5.74) is 0. The van der Waals surface area contributed by atoms with Crippen LogP contribution in [0.2, 0.25) is 0 Å². The van der Waals surface area contributed by atoms with Gasteiger partial charge in [0.1, 0.15) is 0 Å². The van der Waals surface area contributed by atoms with Gasteiger partial charge in [-0.1, -0.05) is 77.4 Å². The van der Waals surface area contributed by atoms with Gasteiger partial charge in [0.25, 0.3) is 0 Å². The van der Waals surface area contributed by atoms with E-state index < -0.39 is 12.6 Å². The van der Waals surface area contributed by atoms with Gasteiger partial charge in [-0.25, -0.2) is 0 Å². The molecule has 0 heterocycles. The fraction of sp³-hybridized carbons (Fsp3) is 0.882. The Kier molecular flexibility index (Phi) is 31.5. The van der Waals surface area contributed by atoms with Gasteiger partial charge >= 0.3 is 0 Å². The zero-order valence-corrected chi connectivity index (χ0v) is 27.6. The van der Waals surface area contributed by atoms with Crippen molar-refractivity contribution in [1.82, 2.24) is 0 Å². The van der Waals surface area contributed by atoms with Crippen LogP contribution in [0.4, 0.5) is 0 Å². The molecule has 0 amide bonds. The fourth-order valence-corrected chi connectivity index (χ4v) is 4.45. The Balaban J connectivity index is 4.98. The summed E-state index contributed by atoms with van der Waals surface area (Å²) in [6.07, 6.45) is 27.3.